The van der Waals surface area contributed by atoms with Gasteiger partial charge in [-0.15, -0.1) is 0 Å². The summed E-state index contributed by atoms with van der Waals surface area (Å²) in [6.45, 7) is 4.52. The molecule has 2 aromatic heterocycles. The number of imidazole rings is 1. The molecule has 2 aliphatic rings. The van der Waals surface area contributed by atoms with E-state index in [9.17, 15) is 4.79 Å². The van der Waals surface area contributed by atoms with Crippen LogP contribution in [0, 0.1) is 0 Å². The topological polar surface area (TPSA) is 50.1 Å². The van der Waals surface area contributed by atoms with Crippen LogP contribution in [-0.2, 0) is 11.3 Å². The van der Waals surface area contributed by atoms with Gasteiger partial charge in [0.1, 0.15) is 4.88 Å². The van der Waals surface area contributed by atoms with Gasteiger partial charge in [-0.1, -0.05) is 36.7 Å². The summed E-state index contributed by atoms with van der Waals surface area (Å²) in [5.74, 6) is 0.129. The largest absolute Gasteiger partial charge is 0.379 e. The fourth-order valence-corrected chi connectivity index (χ4v) is 5.56. The summed E-state index contributed by atoms with van der Waals surface area (Å²) in [6.07, 6.45) is 7.98. The first-order valence-corrected chi connectivity index (χ1v) is 11.5. The second kappa shape index (κ2) is 8.05. The van der Waals surface area contributed by atoms with Crippen molar-refractivity contribution in [3.05, 3.63) is 34.8 Å². The Morgan fingerprint density at radius 1 is 1.24 bits per heavy atom. The molecule has 5 rings (SSSR count). The molecule has 29 heavy (non-hydrogen) atoms. The predicted octanol–water partition coefficient (Wildman–Crippen LogP) is 3.79. The maximum Gasteiger partial charge on any atom is 0.265 e. The van der Waals surface area contributed by atoms with Gasteiger partial charge in [0.25, 0.3) is 5.91 Å². The van der Waals surface area contributed by atoms with Crippen LogP contribution >= 0.6 is 11.3 Å². The summed E-state index contributed by atoms with van der Waals surface area (Å²) in [7, 11) is 1.96. The summed E-state index contributed by atoms with van der Waals surface area (Å²) < 4.78 is 7.51. The number of hydrogen-bond acceptors (Lipinski definition) is 5. The highest BCUT2D eigenvalue weighted by atomic mass is 32.1. The second-order valence-electron chi connectivity index (χ2n) is 8.28. The minimum Gasteiger partial charge on any atom is -0.379 e. The Morgan fingerprint density at radius 3 is 2.83 bits per heavy atom. The summed E-state index contributed by atoms with van der Waals surface area (Å²) in [5.41, 5.74) is 3.35. The highest BCUT2D eigenvalue weighted by Crippen LogP contribution is 2.28. The Bertz CT molecular complexity index is 1010. The summed E-state index contributed by atoms with van der Waals surface area (Å²) >= 11 is 1.50. The molecule has 1 saturated carbocycles. The lowest BCUT2D eigenvalue weighted by atomic mass is 9.94. The lowest BCUT2D eigenvalue weighted by molar-refractivity contribution is 0.0342. The number of thiazole rings is 1. The summed E-state index contributed by atoms with van der Waals surface area (Å²) in [4.78, 5) is 23.9. The number of carbonyl (C=O) groups is 1. The van der Waals surface area contributed by atoms with Crippen LogP contribution in [0.5, 0.6) is 0 Å². The Morgan fingerprint density at radius 2 is 2.03 bits per heavy atom. The van der Waals surface area contributed by atoms with Crippen LogP contribution in [0.2, 0.25) is 0 Å². The molecule has 0 atom stereocenters. The summed E-state index contributed by atoms with van der Waals surface area (Å²) in [6, 6.07) is 6.88. The highest BCUT2D eigenvalue weighted by Gasteiger charge is 2.25. The molecule has 0 bridgehead atoms. The molecule has 1 amide bonds. The van der Waals surface area contributed by atoms with Crippen molar-refractivity contribution in [2.75, 3.05) is 33.4 Å². The van der Waals surface area contributed by atoms with Crippen molar-refractivity contribution in [1.29, 1.82) is 0 Å². The number of benzene rings is 1. The first-order chi connectivity index (χ1) is 14.2. The molecule has 2 fully saturated rings. The fourth-order valence-electron chi connectivity index (χ4n) is 4.58. The van der Waals surface area contributed by atoms with Gasteiger partial charge < -0.3 is 9.64 Å². The van der Waals surface area contributed by atoms with Crippen LogP contribution in [-0.4, -0.2) is 64.5 Å². The molecule has 6 nitrogen and oxygen atoms in total. The van der Waals surface area contributed by atoms with E-state index in [2.05, 4.69) is 27.5 Å². The van der Waals surface area contributed by atoms with Gasteiger partial charge in [-0.2, -0.15) is 0 Å². The van der Waals surface area contributed by atoms with E-state index in [1.165, 1.54) is 36.2 Å². The number of carbonyl (C=O) groups excluding carboxylic acids is 1. The number of rotatable bonds is 4. The molecular formula is C22H28N4O2S. The maximum atomic E-state index is 13.0. The average Bonchev–Trinajstić information content (AvgIpc) is 3.32. The van der Waals surface area contributed by atoms with Gasteiger partial charge in [-0.05, 0) is 30.5 Å². The van der Waals surface area contributed by atoms with Gasteiger partial charge in [0.15, 0.2) is 4.96 Å². The van der Waals surface area contributed by atoms with Gasteiger partial charge in [-0.25, -0.2) is 4.98 Å². The number of ether oxygens (including phenoxy) is 1. The monoisotopic (exact) mass is 412 g/mol. The third kappa shape index (κ3) is 3.79. The molecule has 3 heterocycles. The molecule has 0 unspecified atom stereocenters. The van der Waals surface area contributed by atoms with Crippen LogP contribution in [0.1, 0.15) is 47.3 Å². The average molecular weight is 413 g/mol. The van der Waals surface area contributed by atoms with Crippen LogP contribution in [0.3, 0.4) is 0 Å². The van der Waals surface area contributed by atoms with E-state index < -0.39 is 0 Å². The number of aromatic nitrogens is 2. The zero-order valence-corrected chi connectivity index (χ0v) is 17.8. The molecule has 1 aliphatic carbocycles. The standard InChI is InChI=1S/C22H28N4O2S/c1-24(17-5-3-2-4-6-17)21(27)20-15-26-19-8-7-16(13-18(19)23-22(26)29-20)14-25-9-11-28-12-10-25/h7-8,13,15,17H,2-6,9-12,14H2,1H3. The zero-order chi connectivity index (χ0) is 19.8. The molecule has 0 spiro atoms. The molecule has 154 valence electrons. The van der Waals surface area contributed by atoms with Gasteiger partial charge in [-0.3, -0.25) is 14.1 Å². The maximum absolute atomic E-state index is 13.0. The van der Waals surface area contributed by atoms with Crippen molar-refractivity contribution < 1.29 is 9.53 Å². The Labute approximate surface area is 175 Å². The number of amides is 1. The van der Waals surface area contributed by atoms with E-state index in [-0.39, 0.29) is 5.91 Å². The minimum atomic E-state index is 0.129. The third-order valence-corrected chi connectivity index (χ3v) is 7.30. The summed E-state index contributed by atoms with van der Waals surface area (Å²) in [5, 5.41) is 0. The van der Waals surface area contributed by atoms with Crippen LogP contribution in [0.15, 0.2) is 24.4 Å². The van der Waals surface area contributed by atoms with Crippen LogP contribution in [0.25, 0.3) is 16.0 Å². The van der Waals surface area contributed by atoms with E-state index >= 15 is 0 Å². The molecule has 0 N–H and O–H groups in total. The van der Waals surface area contributed by atoms with Crippen molar-refractivity contribution in [2.24, 2.45) is 0 Å². The molecular weight excluding hydrogens is 384 g/mol. The lowest BCUT2D eigenvalue weighted by Crippen LogP contribution is -2.37. The SMILES string of the molecule is CN(C(=O)c1cn2c(nc3cc(CN4CCOCC4)ccc32)s1)C1CCCCC1. The molecule has 3 aromatic rings. The van der Waals surface area contributed by atoms with Gasteiger partial charge in [0, 0.05) is 38.9 Å². The molecule has 0 radical (unpaired) electrons. The van der Waals surface area contributed by atoms with E-state index in [0.717, 1.165) is 66.6 Å². The normalized spacial score (nSPS) is 19.2. The first kappa shape index (κ1) is 19.0. The van der Waals surface area contributed by atoms with Crippen molar-refractivity contribution in [3.63, 3.8) is 0 Å². The number of morpholine rings is 1. The number of fused-ring (bicyclic) bond motifs is 3. The van der Waals surface area contributed by atoms with Crippen molar-refractivity contribution in [1.82, 2.24) is 19.2 Å². The fraction of sp³-hybridized carbons (Fsp3) is 0.545. The van der Waals surface area contributed by atoms with Crippen molar-refractivity contribution >= 4 is 33.2 Å². The quantitative estimate of drug-likeness (QED) is 0.654. The molecule has 1 aromatic carbocycles. The smallest absolute Gasteiger partial charge is 0.265 e. The van der Waals surface area contributed by atoms with Gasteiger partial charge in [0.2, 0.25) is 0 Å². The zero-order valence-electron chi connectivity index (χ0n) is 17.0. The van der Waals surface area contributed by atoms with Gasteiger partial charge in [0.05, 0.1) is 24.2 Å². The van der Waals surface area contributed by atoms with Crippen LogP contribution in [0.4, 0.5) is 0 Å². The third-order valence-electron chi connectivity index (χ3n) is 6.33. The first-order valence-electron chi connectivity index (χ1n) is 10.7. The lowest BCUT2D eigenvalue weighted by Gasteiger charge is -2.30. The minimum absolute atomic E-state index is 0.129. The Balaban J connectivity index is 1.37. The van der Waals surface area contributed by atoms with Crippen molar-refractivity contribution in [3.8, 4) is 0 Å². The van der Waals surface area contributed by atoms with E-state index in [0.29, 0.717) is 6.04 Å². The highest BCUT2D eigenvalue weighted by molar-refractivity contribution is 7.18. The number of hydrogen-bond donors (Lipinski definition) is 0. The second-order valence-corrected chi connectivity index (χ2v) is 9.29. The molecule has 7 heteroatoms. The van der Waals surface area contributed by atoms with Crippen molar-refractivity contribution in [2.45, 2.75) is 44.7 Å². The van der Waals surface area contributed by atoms with E-state index in [4.69, 9.17) is 9.72 Å². The van der Waals surface area contributed by atoms with Crippen LogP contribution < -0.4 is 0 Å². The van der Waals surface area contributed by atoms with Gasteiger partial charge >= 0.3 is 0 Å². The number of nitrogens with zero attached hydrogens (tertiary/aromatic N) is 4. The van der Waals surface area contributed by atoms with E-state index in [1.807, 2.05) is 18.1 Å². The Hall–Kier alpha value is -1.96. The molecule has 1 aliphatic heterocycles. The molecule has 1 saturated heterocycles. The van der Waals surface area contributed by atoms with E-state index in [1.54, 1.807) is 0 Å². The predicted molar refractivity (Wildman–Crippen MR) is 116 cm³/mol. The Kier molecular flexibility index (Phi) is 5.28.